The topological polar surface area (TPSA) is 82.2 Å². The first-order chi connectivity index (χ1) is 8.77. The van der Waals surface area contributed by atoms with Crippen LogP contribution in [0.15, 0.2) is 29.1 Å². The fourth-order valence-corrected chi connectivity index (χ4v) is 1.85. The van der Waals surface area contributed by atoms with Crippen LogP contribution in [0.1, 0.15) is 6.42 Å². The van der Waals surface area contributed by atoms with Gasteiger partial charge in [-0.05, 0) is 18.6 Å². The van der Waals surface area contributed by atoms with Crippen LogP contribution in [-0.2, 0) is 11.3 Å². The number of benzene rings is 1. The van der Waals surface area contributed by atoms with Crippen molar-refractivity contribution in [2.45, 2.75) is 13.0 Å². The van der Waals surface area contributed by atoms with E-state index in [2.05, 4.69) is 10.4 Å². The first kappa shape index (κ1) is 12.5. The van der Waals surface area contributed by atoms with Crippen molar-refractivity contribution < 1.29 is 4.74 Å². The van der Waals surface area contributed by atoms with E-state index < -0.39 is 0 Å². The van der Waals surface area contributed by atoms with Crippen molar-refractivity contribution in [1.82, 2.24) is 9.55 Å². The molecule has 0 radical (unpaired) electrons. The average molecular weight is 248 g/mol. The molecule has 0 saturated heterocycles. The number of aromatic nitrogens is 2. The maximum atomic E-state index is 12.3. The van der Waals surface area contributed by atoms with Crippen LogP contribution in [0.5, 0.6) is 0 Å². The zero-order valence-electron chi connectivity index (χ0n) is 10.2. The van der Waals surface area contributed by atoms with Crippen LogP contribution in [0.4, 0.5) is 5.95 Å². The van der Waals surface area contributed by atoms with E-state index in [0.29, 0.717) is 30.0 Å². The van der Waals surface area contributed by atoms with E-state index in [-0.39, 0.29) is 5.56 Å². The zero-order valence-corrected chi connectivity index (χ0v) is 10.2. The maximum Gasteiger partial charge on any atom is 0.262 e. The third-order valence-corrected chi connectivity index (χ3v) is 2.72. The first-order valence-electron chi connectivity index (χ1n) is 5.73. The van der Waals surface area contributed by atoms with Gasteiger partial charge in [0.25, 0.3) is 5.56 Å². The summed E-state index contributed by atoms with van der Waals surface area (Å²) in [6.07, 6.45) is 0.727. The van der Waals surface area contributed by atoms with Gasteiger partial charge in [-0.25, -0.2) is 10.8 Å². The molecule has 0 fully saturated rings. The van der Waals surface area contributed by atoms with Crippen molar-refractivity contribution >= 4 is 16.9 Å². The lowest BCUT2D eigenvalue weighted by Gasteiger charge is -2.12. The number of nitrogens with one attached hydrogen (secondary N) is 1. The van der Waals surface area contributed by atoms with E-state index in [1.807, 2.05) is 12.1 Å². The molecule has 0 unspecified atom stereocenters. The standard InChI is InChI=1S/C12H16N4O2/c1-18-8-4-7-16-11(17)9-5-2-3-6-10(9)14-12(16)15-13/h2-3,5-6H,4,7-8,13H2,1H3,(H,14,15). The van der Waals surface area contributed by atoms with E-state index >= 15 is 0 Å². The van der Waals surface area contributed by atoms with Crippen molar-refractivity contribution in [3.05, 3.63) is 34.6 Å². The Kier molecular flexibility index (Phi) is 3.91. The van der Waals surface area contributed by atoms with Gasteiger partial charge < -0.3 is 4.74 Å². The van der Waals surface area contributed by atoms with Gasteiger partial charge in [0.05, 0.1) is 10.9 Å². The van der Waals surface area contributed by atoms with Crippen LogP contribution in [-0.4, -0.2) is 23.3 Å². The fraction of sp³-hybridized carbons (Fsp3) is 0.333. The molecule has 0 spiro atoms. The minimum absolute atomic E-state index is 0.0929. The molecule has 3 N–H and O–H groups in total. The third kappa shape index (κ3) is 2.34. The normalized spacial score (nSPS) is 10.8. The molecule has 0 aliphatic rings. The van der Waals surface area contributed by atoms with Gasteiger partial charge >= 0.3 is 0 Å². The summed E-state index contributed by atoms with van der Waals surface area (Å²) < 4.78 is 6.51. The molecule has 96 valence electrons. The van der Waals surface area contributed by atoms with Gasteiger partial charge in [-0.2, -0.15) is 0 Å². The van der Waals surface area contributed by atoms with E-state index in [1.165, 1.54) is 4.57 Å². The number of hydrazine groups is 1. The predicted octanol–water partition coefficient (Wildman–Crippen LogP) is 0.719. The molecule has 0 bridgehead atoms. The highest BCUT2D eigenvalue weighted by atomic mass is 16.5. The number of hydrogen-bond donors (Lipinski definition) is 2. The molecule has 2 rings (SSSR count). The van der Waals surface area contributed by atoms with Gasteiger partial charge in [0, 0.05) is 20.3 Å². The van der Waals surface area contributed by atoms with Gasteiger partial charge in [0.15, 0.2) is 0 Å². The Hall–Kier alpha value is -1.92. The number of methoxy groups -OCH3 is 1. The van der Waals surface area contributed by atoms with Crippen LogP contribution in [0, 0.1) is 0 Å². The van der Waals surface area contributed by atoms with Gasteiger partial charge in [-0.3, -0.25) is 14.8 Å². The zero-order chi connectivity index (χ0) is 13.0. The molecule has 0 atom stereocenters. The lowest BCUT2D eigenvalue weighted by Crippen LogP contribution is -2.27. The summed E-state index contributed by atoms with van der Waals surface area (Å²) in [4.78, 5) is 16.6. The van der Waals surface area contributed by atoms with Crippen molar-refractivity contribution in [2.24, 2.45) is 5.84 Å². The van der Waals surface area contributed by atoms with Crippen molar-refractivity contribution in [1.29, 1.82) is 0 Å². The Labute approximate surface area is 104 Å². The highest BCUT2D eigenvalue weighted by Gasteiger charge is 2.09. The van der Waals surface area contributed by atoms with Crippen LogP contribution in [0.3, 0.4) is 0 Å². The Morgan fingerprint density at radius 1 is 1.44 bits per heavy atom. The highest BCUT2D eigenvalue weighted by molar-refractivity contribution is 5.78. The van der Waals surface area contributed by atoms with Crippen molar-refractivity contribution in [3.63, 3.8) is 0 Å². The van der Waals surface area contributed by atoms with Crippen LogP contribution in [0.25, 0.3) is 10.9 Å². The summed E-state index contributed by atoms with van der Waals surface area (Å²) >= 11 is 0. The monoisotopic (exact) mass is 248 g/mol. The smallest absolute Gasteiger partial charge is 0.262 e. The minimum atomic E-state index is -0.0929. The van der Waals surface area contributed by atoms with E-state index in [4.69, 9.17) is 10.6 Å². The quantitative estimate of drug-likeness (QED) is 0.463. The second-order valence-corrected chi connectivity index (χ2v) is 3.90. The number of anilines is 1. The Balaban J connectivity index is 2.49. The number of rotatable bonds is 5. The molecule has 18 heavy (non-hydrogen) atoms. The van der Waals surface area contributed by atoms with E-state index in [0.717, 1.165) is 6.42 Å². The molecular weight excluding hydrogens is 232 g/mol. The number of nitrogen functional groups attached to an aromatic ring is 1. The second kappa shape index (κ2) is 5.61. The van der Waals surface area contributed by atoms with Gasteiger partial charge in [0.2, 0.25) is 5.95 Å². The summed E-state index contributed by atoms with van der Waals surface area (Å²) in [5.41, 5.74) is 3.01. The lowest BCUT2D eigenvalue weighted by molar-refractivity contribution is 0.190. The van der Waals surface area contributed by atoms with E-state index in [1.54, 1.807) is 19.2 Å². The van der Waals surface area contributed by atoms with E-state index in [9.17, 15) is 4.79 Å². The number of ether oxygens (including phenoxy) is 1. The Bertz CT molecular complexity index is 594. The van der Waals surface area contributed by atoms with Crippen LogP contribution in [0.2, 0.25) is 0 Å². The SMILES string of the molecule is COCCCn1c(NN)nc2ccccc2c1=O. The molecule has 0 amide bonds. The number of nitrogens with zero attached hydrogens (tertiary/aromatic N) is 2. The Morgan fingerprint density at radius 3 is 2.94 bits per heavy atom. The molecule has 1 aromatic carbocycles. The molecule has 1 aromatic heterocycles. The molecule has 6 nitrogen and oxygen atoms in total. The largest absolute Gasteiger partial charge is 0.385 e. The summed E-state index contributed by atoms with van der Waals surface area (Å²) in [5.74, 6) is 5.78. The molecule has 6 heteroatoms. The maximum absolute atomic E-state index is 12.3. The summed E-state index contributed by atoms with van der Waals surface area (Å²) in [6, 6.07) is 7.21. The first-order valence-corrected chi connectivity index (χ1v) is 5.73. The number of hydrogen-bond acceptors (Lipinski definition) is 5. The van der Waals surface area contributed by atoms with Gasteiger partial charge in [0.1, 0.15) is 0 Å². The second-order valence-electron chi connectivity index (χ2n) is 3.90. The molecule has 1 heterocycles. The molecular formula is C12H16N4O2. The lowest BCUT2D eigenvalue weighted by atomic mass is 10.2. The minimum Gasteiger partial charge on any atom is -0.385 e. The Morgan fingerprint density at radius 2 is 2.22 bits per heavy atom. The average Bonchev–Trinajstić information content (AvgIpc) is 2.41. The third-order valence-electron chi connectivity index (χ3n) is 2.72. The van der Waals surface area contributed by atoms with Crippen molar-refractivity contribution in [2.75, 3.05) is 19.1 Å². The number of fused-ring (bicyclic) bond motifs is 1. The summed E-state index contributed by atoms with van der Waals surface area (Å²) in [7, 11) is 1.63. The molecule has 0 aliphatic heterocycles. The highest BCUT2D eigenvalue weighted by Crippen LogP contribution is 2.10. The van der Waals surface area contributed by atoms with Gasteiger partial charge in [-0.15, -0.1) is 0 Å². The molecule has 0 saturated carbocycles. The van der Waals surface area contributed by atoms with Crippen LogP contribution >= 0.6 is 0 Å². The number of nitrogens with two attached hydrogens (primary N) is 1. The van der Waals surface area contributed by atoms with Crippen LogP contribution < -0.4 is 16.8 Å². The molecule has 0 aliphatic carbocycles. The fourth-order valence-electron chi connectivity index (χ4n) is 1.85. The number of para-hydroxylation sites is 1. The van der Waals surface area contributed by atoms with Crippen molar-refractivity contribution in [3.8, 4) is 0 Å². The summed E-state index contributed by atoms with van der Waals surface area (Å²) in [5, 5.41) is 0.592. The predicted molar refractivity (Wildman–Crippen MR) is 70.3 cm³/mol. The molecule has 2 aromatic rings. The van der Waals surface area contributed by atoms with Gasteiger partial charge in [-0.1, -0.05) is 12.1 Å². The summed E-state index contributed by atoms with van der Waals surface area (Å²) in [6.45, 7) is 1.10.